The van der Waals surface area contributed by atoms with Crippen LogP contribution in [0.25, 0.3) is 5.76 Å². The van der Waals surface area contributed by atoms with Crippen LogP contribution in [0.3, 0.4) is 0 Å². The molecule has 0 aromatic heterocycles. The second-order valence-corrected chi connectivity index (χ2v) is 7.37. The van der Waals surface area contributed by atoms with Crippen LogP contribution < -0.4 is 4.74 Å². The molecule has 1 amide bonds. The summed E-state index contributed by atoms with van der Waals surface area (Å²) in [6.07, 6.45) is 1.51. The molecule has 30 heavy (non-hydrogen) atoms. The van der Waals surface area contributed by atoms with Crippen LogP contribution >= 0.6 is 0 Å². The lowest BCUT2D eigenvalue weighted by Crippen LogP contribution is -2.36. The highest BCUT2D eigenvalue weighted by Gasteiger charge is 2.47. The van der Waals surface area contributed by atoms with E-state index in [-0.39, 0.29) is 24.0 Å². The fraction of sp³-hybridized carbons (Fsp3) is 0.304. The van der Waals surface area contributed by atoms with Crippen molar-refractivity contribution in [1.82, 2.24) is 4.90 Å². The molecule has 7 heteroatoms. The Hall–Kier alpha value is -3.19. The average Bonchev–Trinajstić information content (AvgIpc) is 3.36. The van der Waals surface area contributed by atoms with E-state index in [4.69, 9.17) is 9.47 Å². The van der Waals surface area contributed by atoms with Crippen molar-refractivity contribution in [3.63, 3.8) is 0 Å². The molecule has 156 valence electrons. The maximum atomic E-state index is 13.5. The Labute approximate surface area is 173 Å². The molecule has 0 unspecified atom stereocenters. The van der Waals surface area contributed by atoms with Gasteiger partial charge in [-0.25, -0.2) is 4.39 Å². The maximum Gasteiger partial charge on any atom is 0.295 e. The normalized spacial score (nSPS) is 23.2. The minimum atomic E-state index is -0.822. The molecule has 0 bridgehead atoms. The van der Waals surface area contributed by atoms with Gasteiger partial charge in [0.25, 0.3) is 11.7 Å². The number of benzene rings is 2. The highest BCUT2D eigenvalue weighted by molar-refractivity contribution is 6.46. The zero-order valence-corrected chi connectivity index (χ0v) is 16.5. The van der Waals surface area contributed by atoms with Crippen molar-refractivity contribution in [2.24, 2.45) is 0 Å². The number of hydrogen-bond donors (Lipinski definition) is 1. The summed E-state index contributed by atoms with van der Waals surface area (Å²) in [6, 6.07) is 11.3. The fourth-order valence-corrected chi connectivity index (χ4v) is 3.97. The van der Waals surface area contributed by atoms with E-state index in [1.54, 1.807) is 24.3 Å². The van der Waals surface area contributed by atoms with Gasteiger partial charge in [-0.1, -0.05) is 12.1 Å². The quantitative estimate of drug-likeness (QED) is 0.463. The number of ether oxygens (including phenoxy) is 2. The zero-order chi connectivity index (χ0) is 21.3. The number of Topliss-reactive ketones (excluding diaryl/α,β-unsaturated/α-hetero) is 1. The molecule has 2 saturated heterocycles. The number of nitrogens with zero attached hydrogens (tertiary/aromatic N) is 1. The number of aliphatic hydroxyl groups excluding tert-OH is 1. The largest absolute Gasteiger partial charge is 0.507 e. The second-order valence-electron chi connectivity index (χ2n) is 7.37. The number of carbonyl (C=O) groups excluding carboxylic acids is 2. The molecule has 2 heterocycles. The molecule has 2 aromatic carbocycles. The van der Waals surface area contributed by atoms with Crippen LogP contribution in [0.1, 0.15) is 30.0 Å². The number of likely N-dealkylation sites (tertiary alicyclic amines) is 1. The Balaban J connectivity index is 1.80. The number of carbonyl (C=O) groups is 2. The van der Waals surface area contributed by atoms with Gasteiger partial charge >= 0.3 is 0 Å². The van der Waals surface area contributed by atoms with Crippen molar-refractivity contribution in [3.05, 3.63) is 71.0 Å². The summed E-state index contributed by atoms with van der Waals surface area (Å²) in [7, 11) is 1.53. The fourth-order valence-electron chi connectivity index (χ4n) is 3.97. The van der Waals surface area contributed by atoms with E-state index in [1.807, 2.05) is 0 Å². The molecule has 0 aliphatic carbocycles. The minimum absolute atomic E-state index is 0.0187. The minimum Gasteiger partial charge on any atom is -0.507 e. The Morgan fingerprint density at radius 1 is 1.17 bits per heavy atom. The van der Waals surface area contributed by atoms with Crippen LogP contribution in [0.5, 0.6) is 5.75 Å². The van der Waals surface area contributed by atoms with Crippen LogP contribution in [-0.2, 0) is 14.3 Å². The molecule has 2 atom stereocenters. The van der Waals surface area contributed by atoms with E-state index < -0.39 is 23.5 Å². The number of methoxy groups -OCH3 is 1. The highest BCUT2D eigenvalue weighted by atomic mass is 19.1. The smallest absolute Gasteiger partial charge is 0.295 e. The molecule has 2 aliphatic rings. The lowest BCUT2D eigenvalue weighted by molar-refractivity contribution is -0.140. The third kappa shape index (κ3) is 3.68. The summed E-state index contributed by atoms with van der Waals surface area (Å²) in [5.74, 6) is -1.57. The van der Waals surface area contributed by atoms with Crippen LogP contribution in [0, 0.1) is 5.82 Å². The number of aliphatic hydroxyl groups is 1. The Bertz CT molecular complexity index is 978. The maximum absolute atomic E-state index is 13.5. The first kappa shape index (κ1) is 20.1. The first-order valence-corrected chi connectivity index (χ1v) is 9.79. The summed E-state index contributed by atoms with van der Waals surface area (Å²) >= 11 is 0. The average molecular weight is 411 g/mol. The monoisotopic (exact) mass is 411 g/mol. The molecule has 4 rings (SSSR count). The van der Waals surface area contributed by atoms with Crippen molar-refractivity contribution >= 4 is 17.4 Å². The van der Waals surface area contributed by atoms with Crippen LogP contribution in [0.2, 0.25) is 0 Å². The van der Waals surface area contributed by atoms with Crippen LogP contribution in [-0.4, -0.2) is 48.1 Å². The SMILES string of the molecule is COc1ccc(/C(O)=C2\C(=O)C(=O)N(C[C@H]3CCCO3)[C@@H]2c2ccc(F)cc2)cc1. The lowest BCUT2D eigenvalue weighted by atomic mass is 9.95. The van der Waals surface area contributed by atoms with Crippen molar-refractivity contribution in [3.8, 4) is 5.75 Å². The number of amides is 1. The Morgan fingerprint density at radius 3 is 2.47 bits per heavy atom. The van der Waals surface area contributed by atoms with Gasteiger partial charge in [-0.3, -0.25) is 9.59 Å². The molecule has 2 aliphatic heterocycles. The van der Waals surface area contributed by atoms with Gasteiger partial charge in [0.05, 0.1) is 24.8 Å². The molecule has 2 fully saturated rings. The standard InChI is InChI=1S/C23H22FNO5/c1-29-17-10-6-15(7-11-17)21(26)19-20(14-4-8-16(24)9-5-14)25(23(28)22(19)27)13-18-3-2-12-30-18/h4-11,18,20,26H,2-3,12-13H2,1H3/b21-19+/t18-,20-/m1/s1. The molecule has 0 spiro atoms. The van der Waals surface area contributed by atoms with Crippen molar-refractivity contribution in [1.29, 1.82) is 0 Å². The van der Waals surface area contributed by atoms with Crippen LogP contribution in [0.4, 0.5) is 4.39 Å². The number of ketones is 1. The van der Waals surface area contributed by atoms with Crippen molar-refractivity contribution in [2.45, 2.75) is 25.0 Å². The Morgan fingerprint density at radius 2 is 1.87 bits per heavy atom. The van der Waals surface area contributed by atoms with E-state index in [0.29, 0.717) is 23.5 Å². The summed E-state index contributed by atoms with van der Waals surface area (Å²) < 4.78 is 24.3. The van der Waals surface area contributed by atoms with Gasteiger partial charge < -0.3 is 19.5 Å². The zero-order valence-electron chi connectivity index (χ0n) is 16.5. The van der Waals surface area contributed by atoms with E-state index >= 15 is 0 Å². The molecular weight excluding hydrogens is 389 g/mol. The molecular formula is C23H22FNO5. The summed E-state index contributed by atoms with van der Waals surface area (Å²) in [5.41, 5.74) is 0.913. The van der Waals surface area contributed by atoms with Gasteiger partial charge in [-0.2, -0.15) is 0 Å². The summed E-state index contributed by atoms with van der Waals surface area (Å²) in [5, 5.41) is 11.0. The van der Waals surface area contributed by atoms with E-state index in [1.165, 1.54) is 36.3 Å². The van der Waals surface area contributed by atoms with E-state index in [2.05, 4.69) is 0 Å². The van der Waals surface area contributed by atoms with E-state index in [0.717, 1.165) is 12.8 Å². The first-order valence-electron chi connectivity index (χ1n) is 9.79. The van der Waals surface area contributed by atoms with Crippen LogP contribution in [0.15, 0.2) is 54.1 Å². The first-order chi connectivity index (χ1) is 14.5. The molecule has 2 aromatic rings. The second kappa shape index (κ2) is 8.28. The third-order valence-corrected chi connectivity index (χ3v) is 5.51. The summed E-state index contributed by atoms with van der Waals surface area (Å²) in [6.45, 7) is 0.841. The number of rotatable bonds is 5. The predicted octanol–water partition coefficient (Wildman–Crippen LogP) is 3.44. The lowest BCUT2D eigenvalue weighted by Gasteiger charge is -2.27. The van der Waals surface area contributed by atoms with Gasteiger partial charge in [0.2, 0.25) is 0 Å². The van der Waals surface area contributed by atoms with Gasteiger partial charge in [-0.15, -0.1) is 0 Å². The van der Waals surface area contributed by atoms with Gasteiger partial charge in [0, 0.05) is 18.7 Å². The summed E-state index contributed by atoms with van der Waals surface area (Å²) in [4.78, 5) is 27.2. The van der Waals surface area contributed by atoms with Gasteiger partial charge in [0.15, 0.2) is 0 Å². The molecule has 0 radical (unpaired) electrons. The molecule has 0 saturated carbocycles. The highest BCUT2D eigenvalue weighted by Crippen LogP contribution is 2.40. The van der Waals surface area contributed by atoms with Crippen molar-refractivity contribution in [2.75, 3.05) is 20.3 Å². The van der Waals surface area contributed by atoms with Crippen molar-refractivity contribution < 1.29 is 28.6 Å². The van der Waals surface area contributed by atoms with E-state index in [9.17, 15) is 19.1 Å². The topological polar surface area (TPSA) is 76.1 Å². The van der Waals surface area contributed by atoms with Gasteiger partial charge in [-0.05, 0) is 54.8 Å². The molecule has 1 N–H and O–H groups in total. The molecule has 6 nitrogen and oxygen atoms in total. The predicted molar refractivity (Wildman–Crippen MR) is 107 cm³/mol. The third-order valence-electron chi connectivity index (χ3n) is 5.51. The van der Waals surface area contributed by atoms with Gasteiger partial charge in [0.1, 0.15) is 17.3 Å². The number of halogens is 1. The number of hydrogen-bond acceptors (Lipinski definition) is 5. The Kier molecular flexibility index (Phi) is 5.55.